The highest BCUT2D eigenvalue weighted by Gasteiger charge is 2.07. The molecule has 0 atom stereocenters. The van der Waals surface area contributed by atoms with Crippen molar-refractivity contribution in [1.82, 2.24) is 0 Å². The lowest BCUT2D eigenvalue weighted by atomic mass is 10.1. The van der Waals surface area contributed by atoms with Gasteiger partial charge in [0.2, 0.25) is 0 Å². The lowest BCUT2D eigenvalue weighted by Gasteiger charge is -2.06. The Bertz CT molecular complexity index is 598. The molecule has 0 spiro atoms. The zero-order valence-corrected chi connectivity index (χ0v) is 13.3. The highest BCUT2D eigenvalue weighted by molar-refractivity contribution is 6.83. The number of ether oxygens (including phenoxy) is 1. The minimum absolute atomic E-state index is 0.589. The fourth-order valence-corrected chi connectivity index (χ4v) is 2.15. The monoisotopic (exact) mass is 280 g/mol. The van der Waals surface area contributed by atoms with Crippen LogP contribution in [0.2, 0.25) is 19.6 Å². The standard InChI is InChI=1S/C18H20OSi/c1-20(2,3)14-13-16-9-11-17(12-10-16)15-19-18-7-5-4-6-8-18/h4-12H,15H2,1-3H3. The molecular formula is C18H20OSi. The predicted molar refractivity (Wildman–Crippen MR) is 87.4 cm³/mol. The first-order valence-electron chi connectivity index (χ1n) is 6.83. The highest BCUT2D eigenvalue weighted by atomic mass is 28.3. The van der Waals surface area contributed by atoms with Crippen LogP contribution in [-0.2, 0) is 6.61 Å². The maximum atomic E-state index is 5.72. The van der Waals surface area contributed by atoms with Gasteiger partial charge in [0, 0.05) is 5.56 Å². The Morgan fingerprint density at radius 1 is 0.900 bits per heavy atom. The van der Waals surface area contributed by atoms with E-state index in [0.717, 1.165) is 16.9 Å². The molecule has 0 unspecified atom stereocenters. The second kappa shape index (κ2) is 6.45. The van der Waals surface area contributed by atoms with E-state index in [1.54, 1.807) is 0 Å². The predicted octanol–water partition coefficient (Wildman–Crippen LogP) is 4.49. The van der Waals surface area contributed by atoms with Crippen molar-refractivity contribution in [2.75, 3.05) is 0 Å². The molecular weight excluding hydrogens is 260 g/mol. The molecule has 0 amide bonds. The van der Waals surface area contributed by atoms with Gasteiger partial charge < -0.3 is 4.74 Å². The second-order valence-electron chi connectivity index (χ2n) is 5.80. The molecule has 0 aliphatic rings. The van der Waals surface area contributed by atoms with Crippen LogP contribution < -0.4 is 4.74 Å². The van der Waals surface area contributed by atoms with Crippen molar-refractivity contribution in [3.63, 3.8) is 0 Å². The van der Waals surface area contributed by atoms with Crippen LogP contribution in [0.1, 0.15) is 11.1 Å². The molecule has 0 heterocycles. The number of hydrogen-bond donors (Lipinski definition) is 0. The van der Waals surface area contributed by atoms with Gasteiger partial charge in [0.05, 0.1) is 0 Å². The van der Waals surface area contributed by atoms with Gasteiger partial charge in [-0.2, -0.15) is 0 Å². The SMILES string of the molecule is C[Si](C)(C)C#Cc1ccc(COc2ccccc2)cc1. The molecule has 0 aromatic heterocycles. The molecule has 0 radical (unpaired) electrons. The highest BCUT2D eigenvalue weighted by Crippen LogP contribution is 2.12. The van der Waals surface area contributed by atoms with Gasteiger partial charge >= 0.3 is 0 Å². The summed E-state index contributed by atoms with van der Waals surface area (Å²) >= 11 is 0. The summed E-state index contributed by atoms with van der Waals surface area (Å²) in [5.74, 6) is 4.15. The Kier molecular flexibility index (Phi) is 4.65. The van der Waals surface area contributed by atoms with Crippen molar-refractivity contribution in [3.05, 3.63) is 65.7 Å². The summed E-state index contributed by atoms with van der Waals surface area (Å²) in [5, 5.41) is 0. The largest absolute Gasteiger partial charge is 0.489 e. The third-order valence-electron chi connectivity index (χ3n) is 2.68. The van der Waals surface area contributed by atoms with Crippen LogP contribution in [0.4, 0.5) is 0 Å². The van der Waals surface area contributed by atoms with Crippen LogP contribution in [0.5, 0.6) is 5.75 Å². The molecule has 0 saturated carbocycles. The van der Waals surface area contributed by atoms with E-state index < -0.39 is 8.07 Å². The molecule has 0 saturated heterocycles. The van der Waals surface area contributed by atoms with E-state index in [2.05, 4.69) is 55.4 Å². The molecule has 0 fully saturated rings. The smallest absolute Gasteiger partial charge is 0.129 e. The molecule has 20 heavy (non-hydrogen) atoms. The van der Waals surface area contributed by atoms with E-state index in [1.807, 2.05) is 30.3 Å². The van der Waals surface area contributed by atoms with Crippen LogP contribution in [0.3, 0.4) is 0 Å². The Balaban J connectivity index is 1.96. The molecule has 2 aromatic rings. The Hall–Kier alpha value is -1.98. The average molecular weight is 280 g/mol. The molecule has 2 heteroatoms. The van der Waals surface area contributed by atoms with E-state index in [4.69, 9.17) is 4.74 Å². The van der Waals surface area contributed by atoms with E-state index in [-0.39, 0.29) is 0 Å². The third kappa shape index (κ3) is 4.95. The molecule has 0 aliphatic carbocycles. The summed E-state index contributed by atoms with van der Waals surface area (Å²) in [5.41, 5.74) is 5.61. The van der Waals surface area contributed by atoms with Crippen LogP contribution in [0.25, 0.3) is 0 Å². The maximum absolute atomic E-state index is 5.72. The van der Waals surface area contributed by atoms with Gasteiger partial charge in [0.15, 0.2) is 0 Å². The number of rotatable bonds is 3. The lowest BCUT2D eigenvalue weighted by molar-refractivity contribution is 0.306. The summed E-state index contributed by atoms with van der Waals surface area (Å²) in [4.78, 5) is 0. The topological polar surface area (TPSA) is 9.23 Å². The van der Waals surface area contributed by atoms with Gasteiger partial charge in [-0.3, -0.25) is 0 Å². The Labute approximate surface area is 122 Å². The van der Waals surface area contributed by atoms with Gasteiger partial charge in [-0.25, -0.2) is 0 Å². The second-order valence-corrected chi connectivity index (χ2v) is 10.5. The molecule has 0 bridgehead atoms. The Morgan fingerprint density at radius 2 is 1.55 bits per heavy atom. The first-order valence-corrected chi connectivity index (χ1v) is 10.3. The third-order valence-corrected chi connectivity index (χ3v) is 3.56. The van der Waals surface area contributed by atoms with Gasteiger partial charge in [-0.05, 0) is 29.8 Å². The number of benzene rings is 2. The molecule has 0 N–H and O–H groups in total. The molecule has 0 aliphatic heterocycles. The van der Waals surface area contributed by atoms with Crippen molar-refractivity contribution in [2.45, 2.75) is 26.2 Å². The van der Waals surface area contributed by atoms with Crippen molar-refractivity contribution in [1.29, 1.82) is 0 Å². The van der Waals surface area contributed by atoms with Crippen molar-refractivity contribution in [2.24, 2.45) is 0 Å². The average Bonchev–Trinajstić information content (AvgIpc) is 2.44. The molecule has 102 valence electrons. The van der Waals surface area contributed by atoms with Gasteiger partial charge in [0.1, 0.15) is 20.4 Å². The van der Waals surface area contributed by atoms with E-state index >= 15 is 0 Å². The summed E-state index contributed by atoms with van der Waals surface area (Å²) in [6.45, 7) is 7.35. The quantitative estimate of drug-likeness (QED) is 0.594. The minimum Gasteiger partial charge on any atom is -0.489 e. The fraction of sp³-hybridized carbons (Fsp3) is 0.222. The number of para-hydroxylation sites is 1. The summed E-state index contributed by atoms with van der Waals surface area (Å²) in [6.07, 6.45) is 0. The van der Waals surface area contributed by atoms with E-state index in [9.17, 15) is 0 Å². The first-order chi connectivity index (χ1) is 9.53. The zero-order chi connectivity index (χ0) is 14.4. The minimum atomic E-state index is -1.30. The Morgan fingerprint density at radius 3 is 2.15 bits per heavy atom. The summed E-state index contributed by atoms with van der Waals surface area (Å²) < 4.78 is 5.72. The normalized spacial score (nSPS) is 10.6. The van der Waals surface area contributed by atoms with Crippen LogP contribution in [0, 0.1) is 11.5 Å². The number of hydrogen-bond acceptors (Lipinski definition) is 1. The van der Waals surface area contributed by atoms with Crippen molar-refractivity contribution < 1.29 is 4.74 Å². The van der Waals surface area contributed by atoms with E-state index in [0.29, 0.717) is 6.61 Å². The van der Waals surface area contributed by atoms with Crippen molar-refractivity contribution in [3.8, 4) is 17.2 Å². The maximum Gasteiger partial charge on any atom is 0.129 e. The van der Waals surface area contributed by atoms with Crippen LogP contribution in [-0.4, -0.2) is 8.07 Å². The fourth-order valence-electron chi connectivity index (χ4n) is 1.63. The van der Waals surface area contributed by atoms with Crippen LogP contribution >= 0.6 is 0 Å². The summed E-state index contributed by atoms with van der Waals surface area (Å²) in [7, 11) is -1.30. The lowest BCUT2D eigenvalue weighted by Crippen LogP contribution is -2.16. The molecule has 1 nitrogen and oxygen atoms in total. The van der Waals surface area contributed by atoms with Crippen molar-refractivity contribution >= 4 is 8.07 Å². The van der Waals surface area contributed by atoms with Gasteiger partial charge in [0.25, 0.3) is 0 Å². The zero-order valence-electron chi connectivity index (χ0n) is 12.3. The summed E-state index contributed by atoms with van der Waals surface area (Å²) in [6, 6.07) is 18.2. The van der Waals surface area contributed by atoms with E-state index in [1.165, 1.54) is 0 Å². The molecule has 2 aromatic carbocycles. The van der Waals surface area contributed by atoms with Gasteiger partial charge in [-0.15, -0.1) is 5.54 Å². The van der Waals surface area contributed by atoms with Crippen LogP contribution in [0.15, 0.2) is 54.6 Å². The first kappa shape index (κ1) is 14.4. The molecule has 2 rings (SSSR count). The van der Waals surface area contributed by atoms with Gasteiger partial charge in [-0.1, -0.05) is 55.9 Å².